The average Bonchev–Trinajstić information content (AvgIpc) is 2.47. The van der Waals surface area contributed by atoms with Gasteiger partial charge in [-0.05, 0) is 33.6 Å². The van der Waals surface area contributed by atoms with Crippen molar-refractivity contribution in [2.45, 2.75) is 0 Å². The first-order chi connectivity index (χ1) is 9.65. The van der Waals surface area contributed by atoms with Gasteiger partial charge in [0.05, 0.1) is 11.6 Å². The summed E-state index contributed by atoms with van der Waals surface area (Å²) in [5.74, 6) is 1.47. The Balaban J connectivity index is 2.23. The molecule has 2 rings (SSSR count). The molecule has 1 aromatic carbocycles. The Bertz CT molecular complexity index is 574. The maximum Gasteiger partial charge on any atom is 0.225 e. The molecule has 0 atom stereocenters. The van der Waals surface area contributed by atoms with Crippen LogP contribution in [0.4, 0.5) is 5.95 Å². The monoisotopic (exact) mass is 336 g/mol. The first kappa shape index (κ1) is 14.7. The fourth-order valence-corrected chi connectivity index (χ4v) is 2.35. The van der Waals surface area contributed by atoms with Crippen molar-refractivity contribution in [2.24, 2.45) is 5.73 Å². The van der Waals surface area contributed by atoms with Crippen molar-refractivity contribution in [2.75, 3.05) is 32.1 Å². The highest BCUT2D eigenvalue weighted by Gasteiger charge is 2.06. The molecule has 0 radical (unpaired) electrons. The molecule has 6 heteroatoms. The Hall–Kier alpha value is -1.66. The number of aromatic nitrogens is 2. The van der Waals surface area contributed by atoms with Gasteiger partial charge in [-0.2, -0.15) is 0 Å². The van der Waals surface area contributed by atoms with Crippen molar-refractivity contribution >= 4 is 21.9 Å². The van der Waals surface area contributed by atoms with Crippen LogP contribution in [0.25, 0.3) is 11.1 Å². The van der Waals surface area contributed by atoms with Crippen LogP contribution in [-0.4, -0.2) is 37.2 Å². The van der Waals surface area contributed by atoms with Gasteiger partial charge in [-0.3, -0.25) is 0 Å². The molecule has 2 N–H and O–H groups in total. The second-order valence-corrected chi connectivity index (χ2v) is 5.19. The standard InChI is InChI=1S/C14H17BrN4O/c1-19(6-5-16)14-17-8-11(9-18-14)10-3-4-13(20-2)12(15)7-10/h3-4,7-9H,5-6,16H2,1-2H3. The van der Waals surface area contributed by atoms with Gasteiger partial charge in [0.25, 0.3) is 0 Å². The smallest absolute Gasteiger partial charge is 0.225 e. The van der Waals surface area contributed by atoms with E-state index >= 15 is 0 Å². The summed E-state index contributed by atoms with van der Waals surface area (Å²) in [6.07, 6.45) is 3.62. The highest BCUT2D eigenvalue weighted by Crippen LogP contribution is 2.30. The molecule has 0 aliphatic rings. The molecule has 1 heterocycles. The van der Waals surface area contributed by atoms with Crippen LogP contribution in [0.2, 0.25) is 0 Å². The van der Waals surface area contributed by atoms with E-state index in [2.05, 4.69) is 25.9 Å². The van der Waals surface area contributed by atoms with E-state index in [-0.39, 0.29) is 0 Å². The van der Waals surface area contributed by atoms with E-state index in [0.29, 0.717) is 12.5 Å². The maximum atomic E-state index is 5.52. The summed E-state index contributed by atoms with van der Waals surface area (Å²) in [6.45, 7) is 1.31. The summed E-state index contributed by atoms with van der Waals surface area (Å²) >= 11 is 3.47. The Labute approximate surface area is 126 Å². The molecule has 2 aromatic rings. The number of nitrogens with two attached hydrogens (primary N) is 1. The van der Waals surface area contributed by atoms with Crippen LogP contribution in [0.1, 0.15) is 0 Å². The van der Waals surface area contributed by atoms with E-state index in [1.165, 1.54) is 0 Å². The topological polar surface area (TPSA) is 64.3 Å². The minimum atomic E-state index is 0.576. The Kier molecular flexibility index (Phi) is 4.92. The number of methoxy groups -OCH3 is 1. The van der Waals surface area contributed by atoms with Crippen molar-refractivity contribution < 1.29 is 4.74 Å². The molecule has 0 spiro atoms. The van der Waals surface area contributed by atoms with Gasteiger partial charge in [0.15, 0.2) is 0 Å². The van der Waals surface area contributed by atoms with Crippen LogP contribution in [0.15, 0.2) is 35.1 Å². The number of hydrogen-bond acceptors (Lipinski definition) is 5. The SMILES string of the molecule is COc1ccc(-c2cnc(N(C)CCN)nc2)cc1Br. The molecule has 0 saturated carbocycles. The number of halogens is 1. The summed E-state index contributed by atoms with van der Waals surface area (Å²) < 4.78 is 6.12. The van der Waals surface area contributed by atoms with Gasteiger partial charge in [-0.1, -0.05) is 6.07 Å². The third-order valence-electron chi connectivity index (χ3n) is 2.93. The zero-order valence-electron chi connectivity index (χ0n) is 11.5. The number of anilines is 1. The van der Waals surface area contributed by atoms with Crippen LogP contribution in [0.3, 0.4) is 0 Å². The molecule has 1 aromatic heterocycles. The first-order valence-corrected chi connectivity index (χ1v) is 7.02. The number of hydrogen-bond donors (Lipinski definition) is 1. The van der Waals surface area contributed by atoms with E-state index in [1.54, 1.807) is 7.11 Å². The minimum Gasteiger partial charge on any atom is -0.496 e. The lowest BCUT2D eigenvalue weighted by molar-refractivity contribution is 0.412. The van der Waals surface area contributed by atoms with Crippen molar-refractivity contribution in [1.29, 1.82) is 0 Å². The second-order valence-electron chi connectivity index (χ2n) is 4.33. The van der Waals surface area contributed by atoms with Crippen molar-refractivity contribution in [3.05, 3.63) is 35.1 Å². The van der Waals surface area contributed by atoms with Crippen LogP contribution in [0, 0.1) is 0 Å². The fraction of sp³-hybridized carbons (Fsp3) is 0.286. The fourth-order valence-electron chi connectivity index (χ4n) is 1.81. The Morgan fingerprint density at radius 2 is 1.95 bits per heavy atom. The van der Waals surface area contributed by atoms with Crippen molar-refractivity contribution in [3.63, 3.8) is 0 Å². The first-order valence-electron chi connectivity index (χ1n) is 6.23. The van der Waals surface area contributed by atoms with Gasteiger partial charge in [0.2, 0.25) is 5.95 Å². The van der Waals surface area contributed by atoms with Gasteiger partial charge in [0, 0.05) is 38.1 Å². The predicted octanol–water partition coefficient (Wildman–Crippen LogP) is 2.31. The molecule has 0 saturated heterocycles. The highest BCUT2D eigenvalue weighted by atomic mass is 79.9. The van der Waals surface area contributed by atoms with Crippen molar-refractivity contribution in [1.82, 2.24) is 9.97 Å². The van der Waals surface area contributed by atoms with Crippen LogP contribution in [-0.2, 0) is 0 Å². The van der Waals surface area contributed by atoms with Gasteiger partial charge < -0.3 is 15.4 Å². The zero-order valence-corrected chi connectivity index (χ0v) is 13.1. The summed E-state index contributed by atoms with van der Waals surface area (Å²) in [5, 5.41) is 0. The highest BCUT2D eigenvalue weighted by molar-refractivity contribution is 9.10. The summed E-state index contributed by atoms with van der Waals surface area (Å²) in [5.41, 5.74) is 7.51. The zero-order chi connectivity index (χ0) is 14.5. The number of nitrogens with zero attached hydrogens (tertiary/aromatic N) is 3. The van der Waals surface area contributed by atoms with E-state index < -0.39 is 0 Å². The number of benzene rings is 1. The third-order valence-corrected chi connectivity index (χ3v) is 3.55. The van der Waals surface area contributed by atoms with E-state index in [1.807, 2.05) is 42.5 Å². The molecular weight excluding hydrogens is 320 g/mol. The quantitative estimate of drug-likeness (QED) is 0.907. The predicted molar refractivity (Wildman–Crippen MR) is 84.0 cm³/mol. The summed E-state index contributed by atoms with van der Waals surface area (Å²) in [6, 6.07) is 5.88. The summed E-state index contributed by atoms with van der Waals surface area (Å²) in [4.78, 5) is 10.6. The summed E-state index contributed by atoms with van der Waals surface area (Å²) in [7, 11) is 3.57. The van der Waals surface area contributed by atoms with Crippen LogP contribution < -0.4 is 15.4 Å². The molecule has 106 valence electrons. The molecule has 20 heavy (non-hydrogen) atoms. The molecule has 0 amide bonds. The molecule has 5 nitrogen and oxygen atoms in total. The third kappa shape index (κ3) is 3.26. The molecule has 0 fully saturated rings. The number of likely N-dealkylation sites (N-methyl/N-ethyl adjacent to an activating group) is 1. The molecule has 0 aliphatic carbocycles. The van der Waals surface area contributed by atoms with Crippen molar-refractivity contribution in [3.8, 4) is 16.9 Å². The normalized spacial score (nSPS) is 10.4. The van der Waals surface area contributed by atoms with Gasteiger partial charge in [-0.15, -0.1) is 0 Å². The van der Waals surface area contributed by atoms with Gasteiger partial charge in [-0.25, -0.2) is 9.97 Å². The van der Waals surface area contributed by atoms with E-state index in [0.717, 1.165) is 27.9 Å². The minimum absolute atomic E-state index is 0.576. The van der Waals surface area contributed by atoms with E-state index in [4.69, 9.17) is 10.5 Å². The largest absolute Gasteiger partial charge is 0.496 e. The Morgan fingerprint density at radius 1 is 1.25 bits per heavy atom. The lowest BCUT2D eigenvalue weighted by Gasteiger charge is -2.15. The van der Waals surface area contributed by atoms with Crippen LogP contribution in [0.5, 0.6) is 5.75 Å². The maximum absolute atomic E-state index is 5.52. The van der Waals surface area contributed by atoms with Gasteiger partial charge in [0.1, 0.15) is 5.75 Å². The number of rotatable bonds is 5. The van der Waals surface area contributed by atoms with Crippen LogP contribution >= 0.6 is 15.9 Å². The van der Waals surface area contributed by atoms with Gasteiger partial charge >= 0.3 is 0 Å². The Morgan fingerprint density at radius 3 is 2.50 bits per heavy atom. The molecule has 0 bridgehead atoms. The lowest BCUT2D eigenvalue weighted by Crippen LogP contribution is -2.26. The van der Waals surface area contributed by atoms with E-state index in [9.17, 15) is 0 Å². The number of ether oxygens (including phenoxy) is 1. The molecular formula is C14H17BrN4O. The molecule has 0 aliphatic heterocycles. The lowest BCUT2D eigenvalue weighted by atomic mass is 10.1. The molecule has 0 unspecified atom stereocenters. The average molecular weight is 337 g/mol. The second kappa shape index (κ2) is 6.67.